The van der Waals surface area contributed by atoms with Gasteiger partial charge in [-0.05, 0) is 19.8 Å². The van der Waals surface area contributed by atoms with E-state index in [0.29, 0.717) is 0 Å². The smallest absolute Gasteiger partial charge is 0.198 e. The second-order valence-electron chi connectivity index (χ2n) is 9.59. The molecular weight excluding hydrogens is 458 g/mol. The first-order valence-electron chi connectivity index (χ1n) is 11.4. The van der Waals surface area contributed by atoms with Gasteiger partial charge in [-0.2, -0.15) is 0 Å². The lowest BCUT2D eigenvalue weighted by Crippen LogP contribution is -2.55. The number of rotatable bonds is 3. The lowest BCUT2D eigenvalue weighted by molar-refractivity contribution is -0.239. The summed E-state index contributed by atoms with van der Waals surface area (Å²) in [7, 11) is 0. The maximum atomic E-state index is 13.3. The van der Waals surface area contributed by atoms with E-state index in [4.69, 9.17) is 15.2 Å². The summed E-state index contributed by atoms with van der Waals surface area (Å²) in [5.74, 6) is -2.22. The topological polar surface area (TPSA) is 180 Å². The number of aliphatic hydroxyl groups excluding tert-OH is 3. The highest BCUT2D eigenvalue weighted by molar-refractivity contribution is 6.30. The summed E-state index contributed by atoms with van der Waals surface area (Å²) in [5.41, 5.74) is 4.95. The summed E-state index contributed by atoms with van der Waals surface area (Å²) >= 11 is 0. The number of aromatic hydroxyl groups is 2. The second kappa shape index (κ2) is 8.37. The first kappa shape index (κ1) is 23.9. The minimum atomic E-state index is -1.30. The summed E-state index contributed by atoms with van der Waals surface area (Å²) in [6.07, 6.45) is -5.45. The van der Waals surface area contributed by atoms with Crippen LogP contribution in [0.4, 0.5) is 0 Å². The molecule has 1 heterocycles. The predicted octanol–water partition coefficient (Wildman–Crippen LogP) is 0.424. The van der Waals surface area contributed by atoms with Crippen molar-refractivity contribution in [3.8, 4) is 11.5 Å². The van der Waals surface area contributed by atoms with Crippen molar-refractivity contribution in [3.05, 3.63) is 57.6 Å². The molecule has 0 spiro atoms. The summed E-state index contributed by atoms with van der Waals surface area (Å²) in [5, 5.41) is 52.8. The molecule has 0 aromatic heterocycles. The molecular formula is C25H27NO9. The van der Waals surface area contributed by atoms with E-state index in [0.717, 1.165) is 0 Å². The van der Waals surface area contributed by atoms with Crippen molar-refractivity contribution >= 4 is 11.6 Å². The normalized spacial score (nSPS) is 30.9. The van der Waals surface area contributed by atoms with Gasteiger partial charge in [-0.1, -0.05) is 24.3 Å². The van der Waals surface area contributed by atoms with Gasteiger partial charge in [0, 0.05) is 34.2 Å². The SMILES string of the molecule is C[C@@H](O)[C@]1(N)Cc2c(O)c3c(c(O)c2[C@@H](O[C@H]2C[C@H](O)[C@H](O)CO2)C1)C(=O)c1ccccc1C3=O. The Labute approximate surface area is 200 Å². The number of hydrogen-bond acceptors (Lipinski definition) is 10. The van der Waals surface area contributed by atoms with E-state index < -0.39 is 59.3 Å². The van der Waals surface area contributed by atoms with Gasteiger partial charge < -0.3 is 40.7 Å². The third kappa shape index (κ3) is 3.65. The molecule has 1 saturated heterocycles. The zero-order chi connectivity index (χ0) is 25.2. The molecule has 2 aliphatic carbocycles. The average Bonchev–Trinajstić information content (AvgIpc) is 2.82. The van der Waals surface area contributed by atoms with Crippen molar-refractivity contribution in [3.63, 3.8) is 0 Å². The summed E-state index contributed by atoms with van der Waals surface area (Å²) in [6, 6.07) is 6.15. The standard InChI is InChI=1S/C25H27NO9/c1-10(27)25(26)7-13-18(16(8-25)35-17-6-14(28)15(29)9-34-17)24(33)20-19(23(13)32)21(30)11-4-2-3-5-12(11)22(20)31/h2-5,10,14-17,27-29,32-33H,6-9,26H2,1H3/t10-,14+,15-,16+,17+,25+/m1/s1. The Balaban J connectivity index is 1.66. The average molecular weight is 485 g/mol. The van der Waals surface area contributed by atoms with Crippen LogP contribution in [0, 0.1) is 0 Å². The van der Waals surface area contributed by atoms with Crippen LogP contribution < -0.4 is 5.73 Å². The first-order chi connectivity index (χ1) is 16.5. The molecule has 10 heteroatoms. The number of aliphatic hydroxyl groups is 3. The third-order valence-electron chi connectivity index (χ3n) is 7.33. The highest BCUT2D eigenvalue weighted by Gasteiger charge is 2.47. The van der Waals surface area contributed by atoms with Gasteiger partial charge >= 0.3 is 0 Å². The molecule has 186 valence electrons. The van der Waals surface area contributed by atoms with E-state index >= 15 is 0 Å². The molecule has 0 unspecified atom stereocenters. The van der Waals surface area contributed by atoms with Gasteiger partial charge in [-0.3, -0.25) is 9.59 Å². The van der Waals surface area contributed by atoms with Crippen LogP contribution in [0.25, 0.3) is 0 Å². The minimum Gasteiger partial charge on any atom is -0.507 e. The van der Waals surface area contributed by atoms with Crippen LogP contribution in [-0.4, -0.2) is 73.8 Å². The molecule has 2 aromatic carbocycles. The highest BCUT2D eigenvalue weighted by Crippen LogP contribution is 2.51. The van der Waals surface area contributed by atoms with Crippen molar-refractivity contribution < 1.29 is 44.6 Å². The number of phenolic OH excluding ortho intramolecular Hbond substituents is 2. The van der Waals surface area contributed by atoms with Crippen molar-refractivity contribution in [1.29, 1.82) is 0 Å². The number of ketones is 2. The Hall–Kier alpha value is -2.86. The molecule has 1 fully saturated rings. The number of carbonyl (C=O) groups is 2. The number of benzene rings is 2. The van der Waals surface area contributed by atoms with E-state index in [9.17, 15) is 35.1 Å². The van der Waals surface area contributed by atoms with Crippen LogP contribution in [0.1, 0.15) is 68.8 Å². The monoisotopic (exact) mass is 485 g/mol. The largest absolute Gasteiger partial charge is 0.507 e. The molecule has 7 N–H and O–H groups in total. The van der Waals surface area contributed by atoms with E-state index in [1.807, 2.05) is 0 Å². The van der Waals surface area contributed by atoms with Gasteiger partial charge in [0.1, 0.15) is 17.6 Å². The number of nitrogens with two attached hydrogens (primary N) is 1. The minimum absolute atomic E-state index is 0.0132. The van der Waals surface area contributed by atoms with Crippen LogP contribution in [0.5, 0.6) is 11.5 Å². The fourth-order valence-corrected chi connectivity index (χ4v) is 5.21. The number of hydrogen-bond donors (Lipinski definition) is 6. The summed E-state index contributed by atoms with van der Waals surface area (Å²) in [6.45, 7) is 1.31. The third-order valence-corrected chi connectivity index (χ3v) is 7.33. The Kier molecular flexibility index (Phi) is 5.71. The van der Waals surface area contributed by atoms with Crippen LogP contribution in [-0.2, 0) is 15.9 Å². The van der Waals surface area contributed by atoms with Gasteiger partial charge in [-0.15, -0.1) is 0 Å². The van der Waals surface area contributed by atoms with E-state index in [2.05, 4.69) is 0 Å². The van der Waals surface area contributed by atoms with Gasteiger partial charge in [0.15, 0.2) is 17.9 Å². The molecule has 6 atom stereocenters. The van der Waals surface area contributed by atoms with Crippen LogP contribution in [0.3, 0.4) is 0 Å². The maximum Gasteiger partial charge on any atom is 0.198 e. The van der Waals surface area contributed by atoms with Crippen LogP contribution in [0.2, 0.25) is 0 Å². The number of carbonyl (C=O) groups excluding carboxylic acids is 2. The van der Waals surface area contributed by atoms with Crippen molar-refractivity contribution in [2.24, 2.45) is 5.73 Å². The molecule has 35 heavy (non-hydrogen) atoms. The second-order valence-corrected chi connectivity index (χ2v) is 9.59. The van der Waals surface area contributed by atoms with Gasteiger partial charge in [0.05, 0.1) is 36.0 Å². The quantitative estimate of drug-likeness (QED) is 0.285. The summed E-state index contributed by atoms with van der Waals surface area (Å²) < 4.78 is 11.5. The lowest BCUT2D eigenvalue weighted by Gasteiger charge is -2.43. The van der Waals surface area contributed by atoms with Crippen molar-refractivity contribution in [2.75, 3.05) is 6.61 Å². The van der Waals surface area contributed by atoms with E-state index in [-0.39, 0.29) is 59.3 Å². The molecule has 0 radical (unpaired) electrons. The maximum absolute atomic E-state index is 13.3. The number of fused-ring (bicyclic) bond motifs is 3. The van der Waals surface area contributed by atoms with Gasteiger partial charge in [-0.25, -0.2) is 0 Å². The first-order valence-corrected chi connectivity index (χ1v) is 11.4. The molecule has 0 saturated carbocycles. The summed E-state index contributed by atoms with van der Waals surface area (Å²) in [4.78, 5) is 26.6. The number of ether oxygens (including phenoxy) is 2. The van der Waals surface area contributed by atoms with E-state index in [1.54, 1.807) is 12.1 Å². The zero-order valence-electron chi connectivity index (χ0n) is 19.0. The molecule has 2 aromatic rings. The molecule has 0 amide bonds. The Morgan fingerprint density at radius 3 is 2.23 bits per heavy atom. The Morgan fingerprint density at radius 1 is 1.06 bits per heavy atom. The molecule has 10 nitrogen and oxygen atoms in total. The Morgan fingerprint density at radius 2 is 1.66 bits per heavy atom. The molecule has 0 bridgehead atoms. The van der Waals surface area contributed by atoms with Gasteiger partial charge in [0.2, 0.25) is 0 Å². The lowest BCUT2D eigenvalue weighted by atomic mass is 9.70. The predicted molar refractivity (Wildman–Crippen MR) is 120 cm³/mol. The van der Waals surface area contributed by atoms with Crippen molar-refractivity contribution in [2.45, 2.75) is 62.4 Å². The molecule has 3 aliphatic rings. The zero-order valence-corrected chi connectivity index (χ0v) is 19.0. The van der Waals surface area contributed by atoms with Crippen LogP contribution >= 0.6 is 0 Å². The fourth-order valence-electron chi connectivity index (χ4n) is 5.21. The van der Waals surface area contributed by atoms with E-state index in [1.165, 1.54) is 19.1 Å². The van der Waals surface area contributed by atoms with Crippen molar-refractivity contribution in [1.82, 2.24) is 0 Å². The number of phenols is 2. The fraction of sp³-hybridized carbons (Fsp3) is 0.440. The molecule has 1 aliphatic heterocycles. The van der Waals surface area contributed by atoms with Crippen LogP contribution in [0.15, 0.2) is 24.3 Å². The highest BCUT2D eigenvalue weighted by atomic mass is 16.7. The van der Waals surface area contributed by atoms with Gasteiger partial charge in [0.25, 0.3) is 0 Å². The Bertz CT molecular complexity index is 1230. The molecule has 5 rings (SSSR count).